The third kappa shape index (κ3) is 3.35. The van der Waals surface area contributed by atoms with Crippen LogP contribution in [0.4, 0.5) is 0 Å². The van der Waals surface area contributed by atoms with E-state index in [9.17, 15) is 4.79 Å². The predicted molar refractivity (Wildman–Crippen MR) is 111 cm³/mol. The van der Waals surface area contributed by atoms with E-state index in [4.69, 9.17) is 9.47 Å². The molecule has 2 heterocycles. The topological polar surface area (TPSA) is 67.5 Å². The molecule has 1 atom stereocenters. The first-order chi connectivity index (χ1) is 14.2. The molecule has 1 amide bonds. The van der Waals surface area contributed by atoms with Crippen molar-refractivity contribution in [3.8, 4) is 22.8 Å². The number of amides is 1. The Morgan fingerprint density at radius 1 is 1.03 bits per heavy atom. The summed E-state index contributed by atoms with van der Waals surface area (Å²) in [4.78, 5) is 15.0. The van der Waals surface area contributed by atoms with Crippen LogP contribution in [0, 0.1) is 0 Å². The molecular formula is C23H25N3O3. The number of nitrogens with zero attached hydrogens (tertiary/aromatic N) is 2. The largest absolute Gasteiger partial charge is 0.497 e. The number of ether oxygens (including phenoxy) is 2. The third-order valence-electron chi connectivity index (χ3n) is 5.20. The number of hydrogen-bond acceptors (Lipinski definition) is 4. The summed E-state index contributed by atoms with van der Waals surface area (Å²) in [6, 6.07) is 15.6. The summed E-state index contributed by atoms with van der Waals surface area (Å²) in [6.45, 7) is 5.35. The SMILES string of the molecule is CCCN1C(=O)c2[nH]nc(-c3ccc(OC)cc3)c2C1c1ccc(OCC)cc1. The number of carbonyl (C=O) groups is 1. The van der Waals surface area contributed by atoms with Gasteiger partial charge in [-0.25, -0.2) is 0 Å². The minimum atomic E-state index is -0.177. The van der Waals surface area contributed by atoms with Crippen molar-refractivity contribution >= 4 is 5.91 Å². The Morgan fingerprint density at radius 2 is 1.72 bits per heavy atom. The van der Waals surface area contributed by atoms with E-state index < -0.39 is 0 Å². The van der Waals surface area contributed by atoms with Crippen molar-refractivity contribution in [2.24, 2.45) is 0 Å². The van der Waals surface area contributed by atoms with Crippen molar-refractivity contribution in [2.75, 3.05) is 20.3 Å². The first kappa shape index (κ1) is 19.1. The number of H-pyrrole nitrogens is 1. The maximum atomic E-state index is 13.1. The summed E-state index contributed by atoms with van der Waals surface area (Å²) in [5, 5.41) is 7.48. The fourth-order valence-electron chi connectivity index (χ4n) is 3.90. The number of aromatic amines is 1. The molecule has 2 aromatic carbocycles. The molecule has 1 aliphatic rings. The van der Waals surface area contributed by atoms with Crippen molar-refractivity contribution in [3.05, 3.63) is 65.4 Å². The second-order valence-corrected chi connectivity index (χ2v) is 6.99. The highest BCUT2D eigenvalue weighted by Gasteiger charge is 2.41. The lowest BCUT2D eigenvalue weighted by Crippen LogP contribution is -2.30. The van der Waals surface area contributed by atoms with Gasteiger partial charge in [0, 0.05) is 17.7 Å². The maximum absolute atomic E-state index is 13.1. The van der Waals surface area contributed by atoms with Crippen molar-refractivity contribution in [2.45, 2.75) is 26.3 Å². The zero-order valence-corrected chi connectivity index (χ0v) is 16.9. The third-order valence-corrected chi connectivity index (χ3v) is 5.20. The number of rotatable bonds is 7. The summed E-state index contributed by atoms with van der Waals surface area (Å²) in [7, 11) is 1.64. The standard InChI is InChI=1S/C23H25N3O3/c1-4-14-26-22(16-8-12-18(13-9-16)29-5-2)19-20(24-25-21(19)23(26)27)15-6-10-17(28-3)11-7-15/h6-13,22H,4-5,14H2,1-3H3,(H,24,25). The molecule has 3 aromatic rings. The zero-order valence-electron chi connectivity index (χ0n) is 16.9. The van der Waals surface area contributed by atoms with Gasteiger partial charge in [-0.1, -0.05) is 19.1 Å². The van der Waals surface area contributed by atoms with E-state index in [0.717, 1.165) is 40.3 Å². The molecule has 0 saturated heterocycles. The van der Waals surface area contributed by atoms with Crippen molar-refractivity contribution in [1.29, 1.82) is 0 Å². The van der Waals surface area contributed by atoms with Gasteiger partial charge in [-0.3, -0.25) is 9.89 Å². The lowest BCUT2D eigenvalue weighted by molar-refractivity contribution is 0.0744. The molecule has 1 aliphatic heterocycles. The van der Waals surface area contributed by atoms with Gasteiger partial charge in [-0.05, 0) is 55.3 Å². The normalized spacial score (nSPS) is 15.5. The highest BCUT2D eigenvalue weighted by Crippen LogP contribution is 2.43. The van der Waals surface area contributed by atoms with Gasteiger partial charge >= 0.3 is 0 Å². The Kier molecular flexibility index (Phi) is 5.25. The Labute approximate surface area is 170 Å². The summed E-state index contributed by atoms with van der Waals surface area (Å²) in [6.07, 6.45) is 0.884. The lowest BCUT2D eigenvalue weighted by atomic mass is 9.96. The Bertz CT molecular complexity index is 993. The van der Waals surface area contributed by atoms with Crippen LogP contribution in [0.3, 0.4) is 0 Å². The number of carbonyl (C=O) groups excluding carboxylic acids is 1. The van der Waals surface area contributed by atoms with Gasteiger partial charge < -0.3 is 14.4 Å². The molecule has 6 nitrogen and oxygen atoms in total. The molecule has 0 fully saturated rings. The lowest BCUT2D eigenvalue weighted by Gasteiger charge is -2.26. The quantitative estimate of drug-likeness (QED) is 0.647. The average molecular weight is 391 g/mol. The van der Waals surface area contributed by atoms with E-state index in [-0.39, 0.29) is 11.9 Å². The van der Waals surface area contributed by atoms with Gasteiger partial charge in [0.05, 0.1) is 25.5 Å². The van der Waals surface area contributed by atoms with E-state index in [0.29, 0.717) is 18.8 Å². The molecule has 4 rings (SSSR count). The molecule has 29 heavy (non-hydrogen) atoms. The highest BCUT2D eigenvalue weighted by molar-refractivity contribution is 6.00. The van der Waals surface area contributed by atoms with E-state index in [1.165, 1.54) is 0 Å². The second-order valence-electron chi connectivity index (χ2n) is 6.99. The molecule has 0 radical (unpaired) electrons. The highest BCUT2D eigenvalue weighted by atomic mass is 16.5. The maximum Gasteiger partial charge on any atom is 0.273 e. The van der Waals surface area contributed by atoms with Gasteiger partial charge in [0.25, 0.3) is 5.91 Å². The summed E-state index contributed by atoms with van der Waals surface area (Å²) in [5.41, 5.74) is 4.30. The smallest absolute Gasteiger partial charge is 0.273 e. The van der Waals surface area contributed by atoms with Crippen LogP contribution in [0.15, 0.2) is 48.5 Å². The fraction of sp³-hybridized carbons (Fsp3) is 0.304. The number of hydrogen-bond donors (Lipinski definition) is 1. The van der Waals surface area contributed by atoms with Gasteiger partial charge in [0.2, 0.25) is 0 Å². The minimum Gasteiger partial charge on any atom is -0.497 e. The summed E-state index contributed by atoms with van der Waals surface area (Å²) in [5.74, 6) is 1.60. The van der Waals surface area contributed by atoms with E-state index in [2.05, 4.69) is 17.1 Å². The van der Waals surface area contributed by atoms with Crippen molar-refractivity contribution < 1.29 is 14.3 Å². The van der Waals surface area contributed by atoms with Crippen LogP contribution in [0.2, 0.25) is 0 Å². The second kappa shape index (κ2) is 7.99. The Morgan fingerprint density at radius 3 is 2.34 bits per heavy atom. The van der Waals surface area contributed by atoms with Crippen LogP contribution >= 0.6 is 0 Å². The van der Waals surface area contributed by atoms with Crippen LogP contribution < -0.4 is 9.47 Å². The predicted octanol–water partition coefficient (Wildman–Crippen LogP) is 4.44. The van der Waals surface area contributed by atoms with Gasteiger partial charge in [0.15, 0.2) is 0 Å². The molecular weight excluding hydrogens is 366 g/mol. The van der Waals surface area contributed by atoms with Crippen molar-refractivity contribution in [3.63, 3.8) is 0 Å². The zero-order chi connectivity index (χ0) is 20.4. The molecule has 0 aliphatic carbocycles. The van der Waals surface area contributed by atoms with Crippen LogP contribution in [0.25, 0.3) is 11.3 Å². The molecule has 1 aromatic heterocycles. The number of fused-ring (bicyclic) bond motifs is 1. The molecule has 1 unspecified atom stereocenters. The van der Waals surface area contributed by atoms with Crippen LogP contribution in [-0.4, -0.2) is 41.3 Å². The summed E-state index contributed by atoms with van der Waals surface area (Å²) < 4.78 is 10.8. The van der Waals surface area contributed by atoms with Gasteiger partial charge in [-0.15, -0.1) is 0 Å². The fourth-order valence-corrected chi connectivity index (χ4v) is 3.90. The molecule has 150 valence electrons. The molecule has 6 heteroatoms. The van der Waals surface area contributed by atoms with Crippen LogP contribution in [-0.2, 0) is 0 Å². The number of aromatic nitrogens is 2. The monoisotopic (exact) mass is 391 g/mol. The van der Waals surface area contributed by atoms with E-state index in [1.54, 1.807) is 7.11 Å². The number of nitrogens with one attached hydrogen (secondary N) is 1. The van der Waals surface area contributed by atoms with E-state index in [1.807, 2.05) is 60.4 Å². The Balaban J connectivity index is 1.80. The Hall–Kier alpha value is -3.28. The van der Waals surface area contributed by atoms with Gasteiger partial charge in [0.1, 0.15) is 17.2 Å². The van der Waals surface area contributed by atoms with Crippen molar-refractivity contribution in [1.82, 2.24) is 15.1 Å². The average Bonchev–Trinajstić information content (AvgIpc) is 3.29. The van der Waals surface area contributed by atoms with Gasteiger partial charge in [-0.2, -0.15) is 5.10 Å². The van der Waals surface area contributed by atoms with E-state index >= 15 is 0 Å². The summed E-state index contributed by atoms with van der Waals surface area (Å²) >= 11 is 0. The molecule has 0 saturated carbocycles. The molecule has 1 N–H and O–H groups in total. The van der Waals surface area contributed by atoms with Crippen LogP contribution in [0.1, 0.15) is 47.9 Å². The molecule has 0 spiro atoms. The van der Waals surface area contributed by atoms with Crippen LogP contribution in [0.5, 0.6) is 11.5 Å². The first-order valence-corrected chi connectivity index (χ1v) is 9.94. The number of methoxy groups -OCH3 is 1. The number of benzene rings is 2. The minimum absolute atomic E-state index is 0.00648. The molecule has 0 bridgehead atoms. The first-order valence-electron chi connectivity index (χ1n) is 9.94.